The molecule has 1 fully saturated rings. The Balaban J connectivity index is 2.24. The van der Waals surface area contributed by atoms with E-state index in [0.717, 1.165) is 25.7 Å². The van der Waals surface area contributed by atoms with E-state index in [2.05, 4.69) is 24.0 Å². The first-order valence-corrected chi connectivity index (χ1v) is 7.12. The summed E-state index contributed by atoms with van der Waals surface area (Å²) < 4.78 is 11.3. The normalized spacial score (nSPS) is 23.2. The molecule has 0 spiro atoms. The first-order valence-electron chi connectivity index (χ1n) is 7.12. The van der Waals surface area contributed by atoms with Crippen LogP contribution in [0.25, 0.3) is 0 Å². The van der Waals surface area contributed by atoms with Crippen LogP contribution in [0.4, 0.5) is 0 Å². The summed E-state index contributed by atoms with van der Waals surface area (Å²) in [6.07, 6.45) is 4.08. The van der Waals surface area contributed by atoms with Crippen molar-refractivity contribution < 1.29 is 9.26 Å². The van der Waals surface area contributed by atoms with Crippen molar-refractivity contribution in [3.05, 3.63) is 11.7 Å². The van der Waals surface area contributed by atoms with Crippen LogP contribution >= 0.6 is 0 Å². The molecule has 1 saturated carbocycles. The predicted octanol–water partition coefficient (Wildman–Crippen LogP) is 2.92. The molecule has 5 nitrogen and oxygen atoms in total. The molecule has 1 aliphatic carbocycles. The molecule has 0 saturated heterocycles. The van der Waals surface area contributed by atoms with Crippen LogP contribution in [0.2, 0.25) is 0 Å². The minimum absolute atomic E-state index is 0.236. The Labute approximate surface area is 114 Å². The van der Waals surface area contributed by atoms with Crippen LogP contribution in [0.1, 0.15) is 71.1 Å². The van der Waals surface area contributed by atoms with Crippen molar-refractivity contribution in [2.75, 3.05) is 6.61 Å². The van der Waals surface area contributed by atoms with Gasteiger partial charge in [-0.1, -0.05) is 19.0 Å². The highest BCUT2D eigenvalue weighted by molar-refractivity contribution is 5.06. The van der Waals surface area contributed by atoms with Gasteiger partial charge >= 0.3 is 0 Å². The molecule has 0 bridgehead atoms. The second kappa shape index (κ2) is 5.21. The van der Waals surface area contributed by atoms with Crippen LogP contribution in [0, 0.1) is 5.41 Å². The van der Waals surface area contributed by atoms with Gasteiger partial charge in [-0.3, -0.25) is 0 Å². The lowest BCUT2D eigenvalue weighted by molar-refractivity contribution is -0.0957. The van der Waals surface area contributed by atoms with E-state index in [4.69, 9.17) is 15.0 Å². The maximum Gasteiger partial charge on any atom is 0.243 e. The summed E-state index contributed by atoms with van der Waals surface area (Å²) in [7, 11) is 0. The van der Waals surface area contributed by atoms with Crippen molar-refractivity contribution >= 4 is 0 Å². The van der Waals surface area contributed by atoms with Crippen molar-refractivity contribution in [1.82, 2.24) is 10.1 Å². The smallest absolute Gasteiger partial charge is 0.243 e. The molecule has 108 valence electrons. The van der Waals surface area contributed by atoms with Crippen molar-refractivity contribution in [1.29, 1.82) is 0 Å². The zero-order valence-corrected chi connectivity index (χ0v) is 12.4. The van der Waals surface area contributed by atoms with Crippen LogP contribution in [-0.2, 0) is 10.3 Å². The lowest BCUT2D eigenvalue weighted by Gasteiger charge is -2.41. The Morgan fingerprint density at radius 1 is 1.32 bits per heavy atom. The van der Waals surface area contributed by atoms with Crippen LogP contribution in [0.3, 0.4) is 0 Å². The summed E-state index contributed by atoms with van der Waals surface area (Å²) in [6, 6.07) is -0.236. The Morgan fingerprint density at radius 3 is 2.42 bits per heavy atom. The second-order valence-corrected chi connectivity index (χ2v) is 6.34. The van der Waals surface area contributed by atoms with E-state index in [9.17, 15) is 0 Å². The average molecular weight is 267 g/mol. The summed E-state index contributed by atoms with van der Waals surface area (Å²) in [5.41, 5.74) is 5.76. The van der Waals surface area contributed by atoms with Crippen LogP contribution < -0.4 is 5.73 Å². The summed E-state index contributed by atoms with van der Waals surface area (Å²) in [5, 5.41) is 4.11. The van der Waals surface area contributed by atoms with E-state index in [0.29, 0.717) is 23.7 Å². The van der Waals surface area contributed by atoms with Gasteiger partial charge in [0.25, 0.3) is 0 Å². The summed E-state index contributed by atoms with van der Waals surface area (Å²) in [4.78, 5) is 4.44. The number of rotatable bonds is 4. The van der Waals surface area contributed by atoms with Crippen LogP contribution in [-0.4, -0.2) is 16.7 Å². The molecular weight excluding hydrogens is 242 g/mol. The zero-order valence-electron chi connectivity index (χ0n) is 12.4. The van der Waals surface area contributed by atoms with Gasteiger partial charge in [0.15, 0.2) is 0 Å². The van der Waals surface area contributed by atoms with E-state index in [1.165, 1.54) is 0 Å². The maximum absolute atomic E-state index is 6.02. The average Bonchev–Trinajstić information content (AvgIpc) is 2.83. The number of hydrogen-bond donors (Lipinski definition) is 1. The molecule has 0 aromatic carbocycles. The third-order valence-electron chi connectivity index (χ3n) is 4.07. The third kappa shape index (κ3) is 2.98. The number of ether oxygens (including phenoxy) is 1. The van der Waals surface area contributed by atoms with E-state index < -0.39 is 0 Å². The first-order chi connectivity index (χ1) is 8.88. The van der Waals surface area contributed by atoms with Gasteiger partial charge in [0, 0.05) is 6.61 Å². The van der Waals surface area contributed by atoms with Gasteiger partial charge in [-0.05, 0) is 44.9 Å². The summed E-state index contributed by atoms with van der Waals surface area (Å²) in [6.45, 7) is 9.10. The van der Waals surface area contributed by atoms with Crippen molar-refractivity contribution in [3.63, 3.8) is 0 Å². The van der Waals surface area contributed by atoms with Crippen molar-refractivity contribution in [2.24, 2.45) is 11.1 Å². The number of nitrogens with two attached hydrogens (primary N) is 1. The number of hydrogen-bond acceptors (Lipinski definition) is 5. The zero-order chi connectivity index (χ0) is 14.1. The number of aromatic nitrogens is 2. The van der Waals surface area contributed by atoms with Crippen LogP contribution in [0.15, 0.2) is 4.52 Å². The Bertz CT molecular complexity index is 416. The fourth-order valence-corrected chi connectivity index (χ4v) is 2.64. The van der Waals surface area contributed by atoms with Gasteiger partial charge in [0.05, 0.1) is 6.04 Å². The fraction of sp³-hybridized carbons (Fsp3) is 0.857. The third-order valence-corrected chi connectivity index (χ3v) is 4.07. The minimum atomic E-state index is -0.388. The van der Waals surface area contributed by atoms with Gasteiger partial charge in [-0.25, -0.2) is 0 Å². The van der Waals surface area contributed by atoms with Crippen molar-refractivity contribution in [2.45, 2.75) is 65.0 Å². The fourth-order valence-electron chi connectivity index (χ4n) is 2.64. The molecular formula is C14H25N3O2. The second-order valence-electron chi connectivity index (χ2n) is 6.34. The first kappa shape index (κ1) is 14.5. The van der Waals surface area contributed by atoms with Crippen molar-refractivity contribution in [3.8, 4) is 0 Å². The topological polar surface area (TPSA) is 74.2 Å². The molecule has 1 aliphatic rings. The summed E-state index contributed by atoms with van der Waals surface area (Å²) in [5.74, 6) is 1.15. The number of nitrogens with zero attached hydrogens (tertiary/aromatic N) is 2. The highest BCUT2D eigenvalue weighted by Crippen LogP contribution is 2.46. The van der Waals surface area contributed by atoms with Gasteiger partial charge in [-0.15, -0.1) is 0 Å². The molecule has 2 rings (SSSR count). The molecule has 0 aliphatic heterocycles. The SMILES string of the molecule is CCOC1(c2noc(C(C)N)n2)CCC(C)(C)CC1. The molecule has 1 heterocycles. The predicted molar refractivity (Wildman–Crippen MR) is 72.5 cm³/mol. The maximum atomic E-state index is 6.02. The van der Waals surface area contributed by atoms with Gasteiger partial charge in [0.1, 0.15) is 5.60 Å². The molecule has 1 atom stereocenters. The Hall–Kier alpha value is -0.940. The molecule has 0 amide bonds. The lowest BCUT2D eigenvalue weighted by Crippen LogP contribution is -2.38. The molecule has 1 aromatic rings. The van der Waals surface area contributed by atoms with E-state index in [1.54, 1.807) is 0 Å². The molecule has 5 heteroatoms. The molecule has 1 aromatic heterocycles. The Morgan fingerprint density at radius 2 is 1.95 bits per heavy atom. The minimum Gasteiger partial charge on any atom is -0.367 e. The highest BCUT2D eigenvalue weighted by Gasteiger charge is 2.43. The van der Waals surface area contributed by atoms with E-state index in [1.807, 2.05) is 13.8 Å². The summed E-state index contributed by atoms with van der Waals surface area (Å²) >= 11 is 0. The lowest BCUT2D eigenvalue weighted by atomic mass is 9.70. The van der Waals surface area contributed by atoms with E-state index in [-0.39, 0.29) is 11.6 Å². The molecule has 0 radical (unpaired) electrons. The molecule has 1 unspecified atom stereocenters. The Kier molecular flexibility index (Phi) is 3.97. The molecule has 19 heavy (non-hydrogen) atoms. The standard InChI is InChI=1S/C14H25N3O2/c1-5-18-14(8-6-13(3,4)7-9-14)12-16-11(10(2)15)19-17-12/h10H,5-9,15H2,1-4H3. The molecule has 2 N–H and O–H groups in total. The monoisotopic (exact) mass is 267 g/mol. The van der Waals surface area contributed by atoms with Gasteiger partial charge < -0.3 is 15.0 Å². The van der Waals surface area contributed by atoms with E-state index >= 15 is 0 Å². The quantitative estimate of drug-likeness (QED) is 0.907. The highest BCUT2D eigenvalue weighted by atomic mass is 16.5. The van der Waals surface area contributed by atoms with Crippen LogP contribution in [0.5, 0.6) is 0 Å². The van der Waals surface area contributed by atoms with Gasteiger partial charge in [0.2, 0.25) is 11.7 Å². The van der Waals surface area contributed by atoms with Gasteiger partial charge in [-0.2, -0.15) is 4.98 Å². The largest absolute Gasteiger partial charge is 0.367 e.